The van der Waals surface area contributed by atoms with E-state index >= 15 is 0 Å². The second-order valence-corrected chi connectivity index (χ2v) is 5.62. The van der Waals surface area contributed by atoms with Crippen molar-refractivity contribution in [1.82, 2.24) is 10.9 Å². The van der Waals surface area contributed by atoms with Crippen molar-refractivity contribution >= 4 is 11.8 Å². The maximum atomic E-state index is 12.0. The zero-order chi connectivity index (χ0) is 16.7. The van der Waals surface area contributed by atoms with Crippen LogP contribution in [0.3, 0.4) is 0 Å². The Morgan fingerprint density at radius 2 is 1.74 bits per heavy atom. The van der Waals surface area contributed by atoms with Crippen LogP contribution in [0.2, 0.25) is 0 Å². The highest BCUT2D eigenvalue weighted by Crippen LogP contribution is 2.24. The lowest BCUT2D eigenvalue weighted by atomic mass is 10.1. The van der Waals surface area contributed by atoms with Crippen LogP contribution >= 0.6 is 0 Å². The molecule has 0 spiro atoms. The zero-order valence-electron chi connectivity index (χ0n) is 13.6. The van der Waals surface area contributed by atoms with E-state index in [1.165, 1.54) is 0 Å². The van der Waals surface area contributed by atoms with Crippen LogP contribution in [0, 0.1) is 5.92 Å². The maximum Gasteiger partial charge on any atom is 0.279 e. The van der Waals surface area contributed by atoms with Gasteiger partial charge in [-0.3, -0.25) is 20.4 Å². The van der Waals surface area contributed by atoms with Crippen LogP contribution in [0.1, 0.15) is 39.5 Å². The van der Waals surface area contributed by atoms with Gasteiger partial charge in [0.25, 0.3) is 5.91 Å². The van der Waals surface area contributed by atoms with Crippen molar-refractivity contribution in [2.75, 3.05) is 6.61 Å². The van der Waals surface area contributed by atoms with Crippen molar-refractivity contribution in [2.24, 2.45) is 5.92 Å². The van der Waals surface area contributed by atoms with Crippen LogP contribution in [0.15, 0.2) is 24.3 Å². The Hall–Kier alpha value is -2.24. The van der Waals surface area contributed by atoms with E-state index in [1.54, 1.807) is 31.2 Å². The first-order valence-electron chi connectivity index (χ1n) is 8.09. The Balaban J connectivity index is 1.76. The highest BCUT2D eigenvalue weighted by Gasteiger charge is 2.23. The monoisotopic (exact) mass is 320 g/mol. The highest BCUT2D eigenvalue weighted by molar-refractivity contribution is 5.85. The first-order chi connectivity index (χ1) is 11.1. The summed E-state index contributed by atoms with van der Waals surface area (Å²) in [4.78, 5) is 23.8. The molecule has 2 N–H and O–H groups in total. The van der Waals surface area contributed by atoms with E-state index in [4.69, 9.17) is 9.47 Å². The van der Waals surface area contributed by atoms with Gasteiger partial charge < -0.3 is 9.47 Å². The molecule has 1 unspecified atom stereocenters. The quantitative estimate of drug-likeness (QED) is 0.788. The third kappa shape index (κ3) is 5.16. The summed E-state index contributed by atoms with van der Waals surface area (Å²) >= 11 is 0. The standard InChI is InChI=1S/C17H24N2O4/c1-3-22-14-8-10-15(11-9-14)23-12(2)16(20)18-19-17(21)13-6-4-5-7-13/h8-13H,3-7H2,1-2H3,(H,18,20)(H,19,21). The fourth-order valence-electron chi connectivity index (χ4n) is 2.55. The summed E-state index contributed by atoms with van der Waals surface area (Å²) in [5.74, 6) is 0.825. The lowest BCUT2D eigenvalue weighted by molar-refractivity contribution is -0.134. The summed E-state index contributed by atoms with van der Waals surface area (Å²) in [7, 11) is 0. The van der Waals surface area contributed by atoms with E-state index in [1.807, 2.05) is 6.92 Å². The summed E-state index contributed by atoms with van der Waals surface area (Å²) in [6.07, 6.45) is 3.21. The molecule has 0 saturated heterocycles. The molecule has 2 rings (SSSR count). The smallest absolute Gasteiger partial charge is 0.279 e. The fourth-order valence-corrected chi connectivity index (χ4v) is 2.55. The molecule has 0 heterocycles. The zero-order valence-corrected chi connectivity index (χ0v) is 13.6. The average Bonchev–Trinajstić information content (AvgIpc) is 3.09. The van der Waals surface area contributed by atoms with E-state index in [-0.39, 0.29) is 17.7 Å². The van der Waals surface area contributed by atoms with Crippen LogP contribution in [-0.4, -0.2) is 24.5 Å². The molecule has 1 aromatic carbocycles. The van der Waals surface area contributed by atoms with Gasteiger partial charge in [0.15, 0.2) is 6.10 Å². The number of ether oxygens (including phenoxy) is 2. The second-order valence-electron chi connectivity index (χ2n) is 5.62. The van der Waals surface area contributed by atoms with Crippen molar-refractivity contribution in [3.8, 4) is 11.5 Å². The molecule has 0 aromatic heterocycles. The predicted molar refractivity (Wildman–Crippen MR) is 85.9 cm³/mol. The van der Waals surface area contributed by atoms with E-state index in [2.05, 4.69) is 10.9 Å². The third-order valence-corrected chi connectivity index (χ3v) is 3.85. The minimum atomic E-state index is -0.711. The van der Waals surface area contributed by atoms with Gasteiger partial charge in [-0.2, -0.15) is 0 Å². The highest BCUT2D eigenvalue weighted by atomic mass is 16.5. The SMILES string of the molecule is CCOc1ccc(OC(C)C(=O)NNC(=O)C2CCCC2)cc1. The largest absolute Gasteiger partial charge is 0.494 e. The molecule has 1 atom stereocenters. The number of benzene rings is 1. The summed E-state index contributed by atoms with van der Waals surface area (Å²) in [6, 6.07) is 7.05. The minimum Gasteiger partial charge on any atom is -0.494 e. The van der Waals surface area contributed by atoms with Crippen molar-refractivity contribution < 1.29 is 19.1 Å². The van der Waals surface area contributed by atoms with Crippen molar-refractivity contribution in [3.63, 3.8) is 0 Å². The lowest BCUT2D eigenvalue weighted by Crippen LogP contribution is -2.48. The van der Waals surface area contributed by atoms with Crippen LogP contribution in [0.5, 0.6) is 11.5 Å². The molecule has 1 aliphatic carbocycles. The molecule has 6 heteroatoms. The van der Waals surface area contributed by atoms with Crippen LogP contribution < -0.4 is 20.3 Å². The van der Waals surface area contributed by atoms with Gasteiger partial charge >= 0.3 is 0 Å². The van der Waals surface area contributed by atoms with Gasteiger partial charge in [-0.15, -0.1) is 0 Å². The molecule has 6 nitrogen and oxygen atoms in total. The van der Waals surface area contributed by atoms with Gasteiger partial charge in [0, 0.05) is 5.92 Å². The molecule has 0 radical (unpaired) electrons. The molecule has 126 valence electrons. The first kappa shape index (κ1) is 17.1. The number of amides is 2. The molecule has 1 fully saturated rings. The van der Waals surface area contributed by atoms with Gasteiger partial charge in [0.2, 0.25) is 5.91 Å². The summed E-state index contributed by atoms with van der Waals surface area (Å²) in [5, 5.41) is 0. The fraction of sp³-hybridized carbons (Fsp3) is 0.529. The van der Waals surface area contributed by atoms with E-state index in [0.29, 0.717) is 12.4 Å². The third-order valence-electron chi connectivity index (χ3n) is 3.85. The van der Waals surface area contributed by atoms with Gasteiger partial charge in [-0.05, 0) is 51.0 Å². The van der Waals surface area contributed by atoms with Crippen molar-refractivity contribution in [1.29, 1.82) is 0 Å². The number of rotatable bonds is 6. The Labute approximate surface area is 136 Å². The molecule has 23 heavy (non-hydrogen) atoms. The first-order valence-corrected chi connectivity index (χ1v) is 8.09. The molecule has 1 aromatic rings. The normalized spacial score (nSPS) is 15.7. The Morgan fingerprint density at radius 3 is 2.35 bits per heavy atom. The van der Waals surface area contributed by atoms with E-state index in [9.17, 15) is 9.59 Å². The van der Waals surface area contributed by atoms with Gasteiger partial charge in [0.05, 0.1) is 6.61 Å². The molecule has 0 bridgehead atoms. The number of nitrogens with one attached hydrogen (secondary N) is 2. The molecule has 0 aliphatic heterocycles. The van der Waals surface area contributed by atoms with Crippen LogP contribution in [0.25, 0.3) is 0 Å². The van der Waals surface area contributed by atoms with Gasteiger partial charge in [0.1, 0.15) is 11.5 Å². The summed E-state index contributed by atoms with van der Waals surface area (Å²) in [6.45, 7) is 4.14. The second kappa shape index (κ2) is 8.41. The molecule has 1 saturated carbocycles. The molecule has 1 aliphatic rings. The Bertz CT molecular complexity index is 524. The predicted octanol–water partition coefficient (Wildman–Crippen LogP) is 2.19. The number of hydrogen-bond acceptors (Lipinski definition) is 4. The number of hydrazine groups is 1. The lowest BCUT2D eigenvalue weighted by Gasteiger charge is -2.16. The van der Waals surface area contributed by atoms with Crippen molar-refractivity contribution in [3.05, 3.63) is 24.3 Å². The number of carbonyl (C=O) groups excluding carboxylic acids is 2. The molecular weight excluding hydrogens is 296 g/mol. The minimum absolute atomic E-state index is 0.0117. The van der Waals surface area contributed by atoms with Crippen LogP contribution in [-0.2, 0) is 9.59 Å². The number of hydrogen-bond donors (Lipinski definition) is 2. The Morgan fingerprint density at radius 1 is 1.13 bits per heavy atom. The van der Waals surface area contributed by atoms with Crippen LogP contribution in [0.4, 0.5) is 0 Å². The van der Waals surface area contributed by atoms with Gasteiger partial charge in [-0.25, -0.2) is 0 Å². The van der Waals surface area contributed by atoms with E-state index in [0.717, 1.165) is 31.4 Å². The van der Waals surface area contributed by atoms with E-state index < -0.39 is 6.10 Å². The summed E-state index contributed by atoms with van der Waals surface area (Å²) in [5.41, 5.74) is 4.90. The Kier molecular flexibility index (Phi) is 6.26. The van der Waals surface area contributed by atoms with Crippen molar-refractivity contribution in [2.45, 2.75) is 45.6 Å². The molecule has 2 amide bonds. The maximum absolute atomic E-state index is 12.0. The summed E-state index contributed by atoms with van der Waals surface area (Å²) < 4.78 is 10.9. The molecular formula is C17H24N2O4. The topological polar surface area (TPSA) is 76.7 Å². The number of carbonyl (C=O) groups is 2. The average molecular weight is 320 g/mol. The van der Waals surface area contributed by atoms with Gasteiger partial charge in [-0.1, -0.05) is 12.8 Å².